The average molecular weight is 422 g/mol. The van der Waals surface area contributed by atoms with Crippen molar-refractivity contribution in [2.24, 2.45) is 5.92 Å². The van der Waals surface area contributed by atoms with Crippen LogP contribution in [0.1, 0.15) is 24.7 Å². The maximum atomic E-state index is 13.2. The first-order valence-electron chi connectivity index (χ1n) is 10.3. The second-order valence-corrected chi connectivity index (χ2v) is 10.0. The molecule has 0 aromatic heterocycles. The van der Waals surface area contributed by atoms with E-state index in [4.69, 9.17) is 4.74 Å². The highest BCUT2D eigenvalue weighted by atomic mass is 32.2. The number of rotatable bonds is 6. The third kappa shape index (κ3) is 4.13. The summed E-state index contributed by atoms with van der Waals surface area (Å²) in [7, 11) is -3.42. The summed E-state index contributed by atoms with van der Waals surface area (Å²) < 4.78 is 34.1. The Hall–Kier alpha value is -2.63. The van der Waals surface area contributed by atoms with Crippen molar-refractivity contribution < 1.29 is 13.2 Å². The summed E-state index contributed by atoms with van der Waals surface area (Å²) in [5, 5.41) is -0.579. The van der Waals surface area contributed by atoms with E-state index in [9.17, 15) is 8.42 Å². The summed E-state index contributed by atoms with van der Waals surface area (Å²) in [6, 6.07) is 27.6. The summed E-state index contributed by atoms with van der Waals surface area (Å²) in [6.07, 6.45) is 0. The molecule has 0 radical (unpaired) electrons. The van der Waals surface area contributed by atoms with E-state index in [1.54, 1.807) is 4.31 Å². The molecular formula is C25H27NO3S. The summed E-state index contributed by atoms with van der Waals surface area (Å²) in [5.41, 5.74) is 3.11. The fourth-order valence-electron chi connectivity index (χ4n) is 4.13. The van der Waals surface area contributed by atoms with Crippen LogP contribution < -0.4 is 4.74 Å². The highest BCUT2D eigenvalue weighted by molar-refractivity contribution is 7.89. The average Bonchev–Trinajstić information content (AvgIpc) is 3.04. The molecule has 1 saturated heterocycles. The fraction of sp³-hybridized carbons (Fsp3) is 0.280. The molecule has 0 bridgehead atoms. The van der Waals surface area contributed by atoms with Gasteiger partial charge in [0, 0.05) is 18.5 Å². The molecule has 0 N–H and O–H groups in total. The van der Waals surface area contributed by atoms with Crippen molar-refractivity contribution >= 4 is 10.0 Å². The molecule has 1 heterocycles. The monoisotopic (exact) mass is 421 g/mol. The summed E-state index contributed by atoms with van der Waals surface area (Å²) >= 11 is 0. The van der Waals surface area contributed by atoms with Gasteiger partial charge in [0.1, 0.15) is 11.0 Å². The quantitative estimate of drug-likeness (QED) is 0.553. The molecule has 1 aliphatic heterocycles. The van der Waals surface area contributed by atoms with Crippen LogP contribution in [0.4, 0.5) is 0 Å². The Kier molecular flexibility index (Phi) is 5.93. The molecule has 0 saturated carbocycles. The predicted molar refractivity (Wildman–Crippen MR) is 121 cm³/mol. The van der Waals surface area contributed by atoms with Crippen molar-refractivity contribution in [3.05, 3.63) is 90.5 Å². The molecule has 5 heteroatoms. The van der Waals surface area contributed by atoms with Gasteiger partial charge in [-0.25, -0.2) is 8.42 Å². The second-order valence-electron chi connectivity index (χ2n) is 8.00. The highest BCUT2D eigenvalue weighted by Crippen LogP contribution is 2.41. The Bertz CT molecular complexity index is 1060. The van der Waals surface area contributed by atoms with Crippen LogP contribution in [0.15, 0.2) is 84.9 Å². The molecule has 30 heavy (non-hydrogen) atoms. The SMILES string of the molecule is CC(C)N1C[C@@H](COc2ccc(-c3ccccc3)cc2)[C@H](c2ccccc2)S1(=O)=O. The van der Waals surface area contributed by atoms with E-state index in [1.807, 2.05) is 86.6 Å². The lowest BCUT2D eigenvalue weighted by Gasteiger charge is -2.20. The summed E-state index contributed by atoms with van der Waals surface area (Å²) in [6.45, 7) is 4.67. The van der Waals surface area contributed by atoms with Crippen LogP contribution in [0.2, 0.25) is 0 Å². The van der Waals surface area contributed by atoms with Crippen LogP contribution in [0.3, 0.4) is 0 Å². The van der Waals surface area contributed by atoms with Crippen molar-refractivity contribution in [1.82, 2.24) is 4.31 Å². The number of ether oxygens (including phenoxy) is 1. The predicted octanol–water partition coefficient (Wildman–Crippen LogP) is 5.14. The second kappa shape index (κ2) is 8.62. The van der Waals surface area contributed by atoms with Crippen molar-refractivity contribution in [2.45, 2.75) is 25.1 Å². The van der Waals surface area contributed by atoms with Crippen LogP contribution >= 0.6 is 0 Å². The van der Waals surface area contributed by atoms with E-state index in [0.29, 0.717) is 13.2 Å². The molecule has 0 unspecified atom stereocenters. The van der Waals surface area contributed by atoms with Gasteiger partial charge in [-0.1, -0.05) is 72.8 Å². The van der Waals surface area contributed by atoms with E-state index in [-0.39, 0.29) is 12.0 Å². The van der Waals surface area contributed by atoms with Crippen molar-refractivity contribution in [3.63, 3.8) is 0 Å². The van der Waals surface area contributed by atoms with E-state index in [1.165, 1.54) is 0 Å². The molecule has 0 spiro atoms. The van der Waals surface area contributed by atoms with E-state index in [0.717, 1.165) is 22.4 Å². The maximum Gasteiger partial charge on any atom is 0.221 e. The van der Waals surface area contributed by atoms with Gasteiger partial charge in [0.2, 0.25) is 10.0 Å². The van der Waals surface area contributed by atoms with Crippen molar-refractivity contribution in [1.29, 1.82) is 0 Å². The molecule has 156 valence electrons. The first-order chi connectivity index (χ1) is 14.5. The Morgan fingerprint density at radius 3 is 2.03 bits per heavy atom. The molecule has 1 aliphatic rings. The number of sulfonamides is 1. The largest absolute Gasteiger partial charge is 0.493 e. The lowest BCUT2D eigenvalue weighted by atomic mass is 9.99. The lowest BCUT2D eigenvalue weighted by Crippen LogP contribution is -2.33. The van der Waals surface area contributed by atoms with Gasteiger partial charge in [-0.3, -0.25) is 0 Å². The van der Waals surface area contributed by atoms with Crippen LogP contribution in [0.5, 0.6) is 5.75 Å². The summed E-state index contributed by atoms with van der Waals surface area (Å²) in [4.78, 5) is 0. The fourth-order valence-corrected chi connectivity index (χ4v) is 6.56. The Balaban J connectivity index is 1.52. The number of benzene rings is 3. The normalized spacial score (nSPS) is 21.0. The maximum absolute atomic E-state index is 13.2. The van der Waals surface area contributed by atoms with Crippen molar-refractivity contribution in [2.75, 3.05) is 13.2 Å². The first-order valence-corrected chi connectivity index (χ1v) is 11.8. The number of hydrogen-bond acceptors (Lipinski definition) is 3. The topological polar surface area (TPSA) is 46.6 Å². The van der Waals surface area contributed by atoms with Crippen LogP contribution in [0, 0.1) is 5.92 Å². The van der Waals surface area contributed by atoms with Gasteiger partial charge in [0.15, 0.2) is 0 Å². The third-order valence-corrected chi connectivity index (χ3v) is 8.14. The summed E-state index contributed by atoms with van der Waals surface area (Å²) in [5.74, 6) is 0.621. The molecule has 3 aromatic rings. The zero-order chi connectivity index (χ0) is 21.1. The van der Waals surface area contributed by atoms with Crippen LogP contribution in [0.25, 0.3) is 11.1 Å². The Morgan fingerprint density at radius 2 is 1.43 bits per heavy atom. The smallest absolute Gasteiger partial charge is 0.221 e. The Labute approximate surface area is 179 Å². The molecule has 4 nitrogen and oxygen atoms in total. The zero-order valence-corrected chi connectivity index (χ0v) is 18.1. The minimum Gasteiger partial charge on any atom is -0.493 e. The number of hydrogen-bond donors (Lipinski definition) is 0. The highest BCUT2D eigenvalue weighted by Gasteiger charge is 2.48. The van der Waals surface area contributed by atoms with Gasteiger partial charge in [-0.05, 0) is 42.7 Å². The van der Waals surface area contributed by atoms with E-state index >= 15 is 0 Å². The molecule has 0 amide bonds. The van der Waals surface area contributed by atoms with Gasteiger partial charge in [0.25, 0.3) is 0 Å². The molecule has 0 aliphatic carbocycles. The standard InChI is InChI=1S/C25H27NO3S/c1-19(2)26-17-23(25(30(26,27)28)22-11-7-4-8-12-22)18-29-24-15-13-21(14-16-24)20-9-5-3-6-10-20/h3-16,19,23,25H,17-18H2,1-2H3/t23-,25-/m0/s1. The minimum atomic E-state index is -3.42. The van der Waals surface area contributed by atoms with Gasteiger partial charge >= 0.3 is 0 Å². The molecule has 4 rings (SSSR count). The molecule has 2 atom stereocenters. The van der Waals surface area contributed by atoms with Crippen LogP contribution in [-0.2, 0) is 10.0 Å². The van der Waals surface area contributed by atoms with Gasteiger partial charge < -0.3 is 4.74 Å². The lowest BCUT2D eigenvalue weighted by molar-refractivity contribution is 0.228. The first kappa shape index (κ1) is 20.6. The van der Waals surface area contributed by atoms with Crippen LogP contribution in [-0.4, -0.2) is 31.9 Å². The van der Waals surface area contributed by atoms with Crippen molar-refractivity contribution in [3.8, 4) is 16.9 Å². The minimum absolute atomic E-state index is 0.0728. The van der Waals surface area contributed by atoms with E-state index in [2.05, 4.69) is 12.1 Å². The van der Waals surface area contributed by atoms with Gasteiger partial charge in [-0.2, -0.15) is 4.31 Å². The van der Waals surface area contributed by atoms with E-state index < -0.39 is 15.3 Å². The molecular weight excluding hydrogens is 394 g/mol. The molecule has 1 fully saturated rings. The third-order valence-electron chi connectivity index (χ3n) is 5.62. The molecule has 3 aromatic carbocycles. The Morgan fingerprint density at radius 1 is 0.867 bits per heavy atom. The van der Waals surface area contributed by atoms with Gasteiger partial charge in [0.05, 0.1) is 6.61 Å². The van der Waals surface area contributed by atoms with Gasteiger partial charge in [-0.15, -0.1) is 0 Å². The zero-order valence-electron chi connectivity index (χ0n) is 17.3. The number of nitrogens with zero attached hydrogens (tertiary/aromatic N) is 1.